The molecular formula is C21H24B3F3O10S. The molecule has 17 heteroatoms. The van der Waals surface area contributed by atoms with Gasteiger partial charge in [-0.2, -0.15) is 21.6 Å². The van der Waals surface area contributed by atoms with Gasteiger partial charge in [-0.25, -0.2) is 4.79 Å². The predicted octanol–water partition coefficient (Wildman–Crippen LogP) is -2.09. The van der Waals surface area contributed by atoms with Gasteiger partial charge in [0.15, 0.2) is 12.2 Å². The summed E-state index contributed by atoms with van der Waals surface area (Å²) in [7, 11) is 0.561. The zero-order chi connectivity index (χ0) is 28.2. The SMILES string of the molecule is BCc1cc(CB)c(CB)c(C(=O)OC2C3OC(=O)C4C3OC2C4C(=O)OC(CS(=O)(=O)O)C(F)(F)F)c1. The first-order chi connectivity index (χ1) is 17.7. The molecule has 7 atom stereocenters. The molecule has 3 saturated heterocycles. The molecule has 3 fully saturated rings. The molecule has 204 valence electrons. The number of benzene rings is 1. The number of fused-ring (bicyclic) bond motifs is 1. The third-order valence-corrected chi connectivity index (χ3v) is 7.89. The highest BCUT2D eigenvalue weighted by Crippen LogP contribution is 2.52. The monoisotopic (exact) mass is 558 g/mol. The Hall–Kier alpha value is -2.52. The summed E-state index contributed by atoms with van der Waals surface area (Å²) < 4.78 is 92.0. The Labute approximate surface area is 218 Å². The van der Waals surface area contributed by atoms with Gasteiger partial charge in [0.2, 0.25) is 6.10 Å². The minimum absolute atomic E-state index is 0.289. The quantitative estimate of drug-likeness (QED) is 0.155. The van der Waals surface area contributed by atoms with E-state index in [-0.39, 0.29) is 5.56 Å². The van der Waals surface area contributed by atoms with Gasteiger partial charge in [-0.05, 0) is 11.6 Å². The van der Waals surface area contributed by atoms with Crippen LogP contribution in [-0.2, 0) is 57.6 Å². The van der Waals surface area contributed by atoms with Crippen LogP contribution in [0.15, 0.2) is 12.1 Å². The Morgan fingerprint density at radius 1 is 1.08 bits per heavy atom. The molecular weight excluding hydrogens is 534 g/mol. The molecule has 2 bridgehead atoms. The van der Waals surface area contributed by atoms with Crippen molar-refractivity contribution in [2.75, 3.05) is 5.75 Å². The van der Waals surface area contributed by atoms with E-state index in [1.54, 1.807) is 6.07 Å². The Kier molecular flexibility index (Phi) is 7.67. The van der Waals surface area contributed by atoms with E-state index >= 15 is 0 Å². The van der Waals surface area contributed by atoms with Crippen LogP contribution in [0.5, 0.6) is 0 Å². The summed E-state index contributed by atoms with van der Waals surface area (Å²) in [4.78, 5) is 38.6. The lowest BCUT2D eigenvalue weighted by atomic mass is 9.78. The summed E-state index contributed by atoms with van der Waals surface area (Å²) in [6.45, 7) is 0. The molecule has 10 nitrogen and oxygen atoms in total. The molecule has 38 heavy (non-hydrogen) atoms. The highest BCUT2D eigenvalue weighted by molar-refractivity contribution is 7.85. The van der Waals surface area contributed by atoms with E-state index in [1.807, 2.05) is 29.6 Å². The van der Waals surface area contributed by atoms with Gasteiger partial charge in [0, 0.05) is 0 Å². The van der Waals surface area contributed by atoms with E-state index in [4.69, 9.17) is 18.8 Å². The normalized spacial score (nSPS) is 28.7. The third-order valence-electron chi connectivity index (χ3n) is 7.17. The Bertz CT molecular complexity index is 1260. The molecule has 7 unspecified atom stereocenters. The number of halogens is 3. The van der Waals surface area contributed by atoms with Crippen LogP contribution in [0.25, 0.3) is 0 Å². The van der Waals surface area contributed by atoms with Crippen molar-refractivity contribution >= 4 is 51.6 Å². The van der Waals surface area contributed by atoms with E-state index in [0.717, 1.165) is 16.7 Å². The van der Waals surface area contributed by atoms with Gasteiger partial charge in [-0.15, -0.1) is 0 Å². The molecule has 0 spiro atoms. The average molecular weight is 558 g/mol. The highest BCUT2D eigenvalue weighted by Gasteiger charge is 2.72. The number of carbonyl (C=O) groups is 3. The minimum atomic E-state index is -5.33. The number of ether oxygens (including phenoxy) is 4. The van der Waals surface area contributed by atoms with Crippen molar-refractivity contribution in [1.82, 2.24) is 0 Å². The first-order valence-electron chi connectivity index (χ1n) is 12.1. The minimum Gasteiger partial charge on any atom is -0.455 e. The van der Waals surface area contributed by atoms with Crippen LogP contribution < -0.4 is 0 Å². The lowest BCUT2D eigenvalue weighted by molar-refractivity contribution is -0.219. The number of hydrogen-bond donors (Lipinski definition) is 1. The number of carbonyl (C=O) groups excluding carboxylic acids is 3. The number of alkyl halides is 3. The fourth-order valence-corrected chi connectivity index (χ4v) is 6.09. The lowest BCUT2D eigenvalue weighted by Crippen LogP contribution is -2.50. The fraction of sp³-hybridized carbons (Fsp3) is 0.571. The van der Waals surface area contributed by atoms with Crippen LogP contribution in [0.1, 0.15) is 27.0 Å². The van der Waals surface area contributed by atoms with E-state index in [2.05, 4.69) is 4.74 Å². The maximum Gasteiger partial charge on any atom is 0.426 e. The standard InChI is InChI=1S/C21H24B3F3O10S/c22-3-7-1-8(4-23)10(5-24)9(2-7)18(28)36-16-14-12(13-15(35-14)17(16)37-20(13)30)19(29)34-11(21(25,26)27)6-38(31,32)33/h1-2,11-17H,3-6,22-24H2,(H,31,32,33). The van der Waals surface area contributed by atoms with Gasteiger partial charge in [0.1, 0.15) is 53.3 Å². The first kappa shape index (κ1) is 28.5. The molecule has 3 aliphatic rings. The summed E-state index contributed by atoms with van der Waals surface area (Å²) in [6, 6.07) is 3.68. The van der Waals surface area contributed by atoms with Gasteiger partial charge in [-0.3, -0.25) is 14.1 Å². The Morgan fingerprint density at radius 2 is 1.76 bits per heavy atom. The predicted molar refractivity (Wildman–Crippen MR) is 130 cm³/mol. The fourth-order valence-electron chi connectivity index (χ4n) is 5.45. The summed E-state index contributed by atoms with van der Waals surface area (Å²) in [6.07, 6.45) is -11.5. The number of rotatable bonds is 9. The van der Waals surface area contributed by atoms with Gasteiger partial charge < -0.3 is 18.9 Å². The molecule has 0 aromatic heterocycles. The van der Waals surface area contributed by atoms with Gasteiger partial charge >= 0.3 is 24.1 Å². The largest absolute Gasteiger partial charge is 0.455 e. The van der Waals surface area contributed by atoms with Crippen LogP contribution >= 0.6 is 0 Å². The van der Waals surface area contributed by atoms with E-state index in [1.165, 1.54) is 0 Å². The summed E-state index contributed by atoms with van der Waals surface area (Å²) >= 11 is 0. The van der Waals surface area contributed by atoms with E-state index in [9.17, 15) is 36.0 Å². The number of hydrogen-bond acceptors (Lipinski definition) is 9. The molecule has 4 rings (SSSR count). The molecule has 1 aromatic carbocycles. The van der Waals surface area contributed by atoms with Crippen LogP contribution in [0.2, 0.25) is 0 Å². The zero-order valence-corrected chi connectivity index (χ0v) is 21.5. The Morgan fingerprint density at radius 3 is 2.32 bits per heavy atom. The van der Waals surface area contributed by atoms with Gasteiger partial charge in [0.05, 0.1) is 5.56 Å². The average Bonchev–Trinajstić information content (AvgIpc) is 3.45. The van der Waals surface area contributed by atoms with Gasteiger partial charge in [-0.1, -0.05) is 36.2 Å². The van der Waals surface area contributed by atoms with Crippen molar-refractivity contribution in [2.45, 2.75) is 55.7 Å². The molecule has 1 aromatic rings. The second-order valence-corrected chi connectivity index (χ2v) is 10.9. The third kappa shape index (κ3) is 5.19. The second kappa shape index (κ2) is 10.2. The van der Waals surface area contributed by atoms with Crippen LogP contribution in [0.4, 0.5) is 13.2 Å². The smallest absolute Gasteiger partial charge is 0.426 e. The van der Waals surface area contributed by atoms with Gasteiger partial charge in [0.25, 0.3) is 10.1 Å². The lowest BCUT2D eigenvalue weighted by Gasteiger charge is -2.29. The van der Waals surface area contributed by atoms with E-state index in [0.29, 0.717) is 19.0 Å². The van der Waals surface area contributed by atoms with E-state index < -0.39 is 82.3 Å². The molecule has 0 aliphatic carbocycles. The van der Waals surface area contributed by atoms with Crippen molar-refractivity contribution in [3.05, 3.63) is 34.4 Å². The molecule has 1 N–H and O–H groups in total. The van der Waals surface area contributed by atoms with Crippen LogP contribution in [0.3, 0.4) is 0 Å². The molecule has 0 radical (unpaired) electrons. The Balaban J connectivity index is 1.61. The van der Waals surface area contributed by atoms with Crippen molar-refractivity contribution in [1.29, 1.82) is 0 Å². The maximum atomic E-state index is 13.3. The van der Waals surface area contributed by atoms with Crippen LogP contribution in [0, 0.1) is 11.8 Å². The maximum absolute atomic E-state index is 13.3. The molecule has 3 heterocycles. The topological polar surface area (TPSA) is 142 Å². The highest BCUT2D eigenvalue weighted by atomic mass is 32.2. The molecule has 0 saturated carbocycles. The van der Waals surface area contributed by atoms with Crippen molar-refractivity contribution in [3.8, 4) is 0 Å². The summed E-state index contributed by atoms with van der Waals surface area (Å²) in [5.74, 6) is -8.16. The van der Waals surface area contributed by atoms with Crippen molar-refractivity contribution in [3.63, 3.8) is 0 Å². The number of esters is 3. The summed E-state index contributed by atoms with van der Waals surface area (Å²) in [5, 5.41) is 0. The van der Waals surface area contributed by atoms with Crippen molar-refractivity contribution < 1.29 is 59.5 Å². The van der Waals surface area contributed by atoms with Crippen LogP contribution in [-0.4, -0.2) is 96.9 Å². The zero-order valence-electron chi connectivity index (χ0n) is 20.7. The molecule has 3 aliphatic heterocycles. The summed E-state index contributed by atoms with van der Waals surface area (Å²) in [5.41, 5.74) is 2.89. The first-order valence-corrected chi connectivity index (χ1v) is 13.7. The van der Waals surface area contributed by atoms with Crippen molar-refractivity contribution in [2.24, 2.45) is 11.8 Å². The molecule has 0 amide bonds. The second-order valence-electron chi connectivity index (χ2n) is 9.45.